The third-order valence-corrected chi connectivity index (χ3v) is 11.3. The van der Waals surface area contributed by atoms with Gasteiger partial charge in [0.25, 0.3) is 0 Å². The van der Waals surface area contributed by atoms with Crippen molar-refractivity contribution in [2.45, 2.75) is 0 Å². The van der Waals surface area contributed by atoms with E-state index in [1.54, 1.807) is 0 Å². The molecular weight excluding hydrogens is 679 g/mol. The summed E-state index contributed by atoms with van der Waals surface area (Å²) in [5.74, 6) is 0. The van der Waals surface area contributed by atoms with Crippen molar-refractivity contribution in [3.05, 3.63) is 212 Å². The largest absolute Gasteiger partial charge is 0.456 e. The maximum absolute atomic E-state index is 6.52. The topological polar surface area (TPSA) is 16.4 Å². The third kappa shape index (κ3) is 5.26. The van der Waals surface area contributed by atoms with Crippen molar-refractivity contribution in [1.82, 2.24) is 0 Å². The minimum Gasteiger partial charge on any atom is -0.456 e. The van der Waals surface area contributed by atoms with E-state index in [1.807, 2.05) is 12.1 Å². The van der Waals surface area contributed by atoms with E-state index >= 15 is 0 Å². The molecule has 11 rings (SSSR count). The van der Waals surface area contributed by atoms with E-state index in [4.69, 9.17) is 4.42 Å². The summed E-state index contributed by atoms with van der Waals surface area (Å²) in [5.41, 5.74) is 19.3. The van der Waals surface area contributed by atoms with Crippen LogP contribution in [-0.4, -0.2) is 0 Å². The molecule has 1 heterocycles. The fourth-order valence-corrected chi connectivity index (χ4v) is 8.66. The first kappa shape index (κ1) is 32.0. The highest BCUT2D eigenvalue weighted by Crippen LogP contribution is 2.50. The van der Waals surface area contributed by atoms with E-state index in [2.05, 4.69) is 205 Å². The van der Waals surface area contributed by atoms with E-state index in [1.165, 1.54) is 55.6 Å². The summed E-state index contributed by atoms with van der Waals surface area (Å²) in [6.45, 7) is 0. The molecule has 9 aromatic carbocycles. The lowest BCUT2D eigenvalue weighted by Gasteiger charge is -2.30. The highest BCUT2D eigenvalue weighted by atomic mass is 16.3. The number of hydrogen-bond acceptors (Lipinski definition) is 2. The van der Waals surface area contributed by atoms with Gasteiger partial charge in [-0.05, 0) is 104 Å². The molecule has 0 N–H and O–H groups in total. The summed E-state index contributed by atoms with van der Waals surface area (Å²) in [6.07, 6.45) is 0. The molecule has 10 aromatic rings. The van der Waals surface area contributed by atoms with Crippen LogP contribution in [0.3, 0.4) is 0 Å². The van der Waals surface area contributed by atoms with E-state index in [0.717, 1.165) is 50.1 Å². The highest BCUT2D eigenvalue weighted by Gasteiger charge is 2.25. The number of nitrogens with zero attached hydrogens (tertiary/aromatic N) is 1. The highest BCUT2D eigenvalue weighted by molar-refractivity contribution is 6.07. The molecule has 0 amide bonds. The van der Waals surface area contributed by atoms with Gasteiger partial charge in [-0.1, -0.05) is 164 Å². The summed E-state index contributed by atoms with van der Waals surface area (Å²) in [6, 6.07) is 76.7. The standard InChI is InChI=1S/C54H35NO/c1-3-15-36(16-4-1)38-27-32-52(50(33-38)37-17-5-2-6-18-37)55(40-29-31-49-48-25-13-14-26-53(48)56-54(49)35-40)39-28-30-47-45-23-10-9-21-43(45)41-19-7-8-20-42(41)44-22-11-12-24-46(44)51(47)34-39/h1-35H. The van der Waals surface area contributed by atoms with E-state index in [9.17, 15) is 0 Å². The normalized spacial score (nSPS) is 11.6. The van der Waals surface area contributed by atoms with E-state index in [0.29, 0.717) is 0 Å². The summed E-state index contributed by atoms with van der Waals surface area (Å²) >= 11 is 0. The van der Waals surface area contributed by atoms with Gasteiger partial charge in [0.15, 0.2) is 0 Å². The molecule has 1 aromatic heterocycles. The number of hydrogen-bond donors (Lipinski definition) is 0. The SMILES string of the molecule is c1ccc(-c2ccc(N(c3ccc4c(c3)-c3ccccc3-c3ccccc3-c3ccccc3-4)c3ccc4c(c3)oc3ccccc34)c(-c3ccccc3)c2)cc1. The van der Waals surface area contributed by atoms with Crippen LogP contribution in [0, 0.1) is 0 Å². The van der Waals surface area contributed by atoms with Gasteiger partial charge in [-0.3, -0.25) is 0 Å². The molecule has 0 aliphatic heterocycles. The van der Waals surface area contributed by atoms with Gasteiger partial charge < -0.3 is 9.32 Å². The molecule has 1 aliphatic carbocycles. The number of fused-ring (bicyclic) bond motifs is 11. The molecule has 56 heavy (non-hydrogen) atoms. The zero-order valence-corrected chi connectivity index (χ0v) is 30.6. The Labute approximate surface area is 326 Å². The Morgan fingerprint density at radius 1 is 0.268 bits per heavy atom. The van der Waals surface area contributed by atoms with Crippen LogP contribution >= 0.6 is 0 Å². The zero-order valence-electron chi connectivity index (χ0n) is 30.6. The lowest BCUT2D eigenvalue weighted by Crippen LogP contribution is -2.12. The lowest BCUT2D eigenvalue weighted by molar-refractivity contribution is 0.669. The van der Waals surface area contributed by atoms with Crippen LogP contribution in [0.1, 0.15) is 0 Å². The second-order valence-corrected chi connectivity index (χ2v) is 14.4. The molecule has 1 aliphatic rings. The van der Waals surface area contributed by atoms with E-state index in [-0.39, 0.29) is 0 Å². The molecule has 262 valence electrons. The van der Waals surface area contributed by atoms with Crippen molar-refractivity contribution in [1.29, 1.82) is 0 Å². The number of para-hydroxylation sites is 1. The number of benzene rings is 9. The van der Waals surface area contributed by atoms with Crippen molar-refractivity contribution < 1.29 is 4.42 Å². The molecule has 0 saturated heterocycles. The molecule has 0 spiro atoms. The Morgan fingerprint density at radius 3 is 1.39 bits per heavy atom. The van der Waals surface area contributed by atoms with Gasteiger partial charge in [0.05, 0.1) is 5.69 Å². The van der Waals surface area contributed by atoms with Crippen LogP contribution in [0.15, 0.2) is 217 Å². The van der Waals surface area contributed by atoms with Gasteiger partial charge in [-0.15, -0.1) is 0 Å². The molecule has 0 bridgehead atoms. The van der Waals surface area contributed by atoms with Crippen molar-refractivity contribution in [3.63, 3.8) is 0 Å². The Balaban J connectivity index is 1.20. The Bertz CT molecular complexity index is 3080. The second-order valence-electron chi connectivity index (χ2n) is 14.4. The Kier molecular flexibility index (Phi) is 7.53. The lowest BCUT2D eigenvalue weighted by atomic mass is 9.81. The van der Waals surface area contributed by atoms with Gasteiger partial charge in [-0.25, -0.2) is 0 Å². The maximum Gasteiger partial charge on any atom is 0.137 e. The van der Waals surface area contributed by atoms with Gasteiger partial charge in [0.2, 0.25) is 0 Å². The predicted octanol–water partition coefficient (Wildman–Crippen LogP) is 15.4. The minimum atomic E-state index is 0.859. The van der Waals surface area contributed by atoms with Crippen molar-refractivity contribution in [3.8, 4) is 66.8 Å². The first-order valence-corrected chi connectivity index (χ1v) is 19.2. The van der Waals surface area contributed by atoms with Crippen LogP contribution in [0.5, 0.6) is 0 Å². The minimum absolute atomic E-state index is 0.859. The number of furan rings is 1. The molecular formula is C54H35NO. The Hall–Kier alpha value is -7.42. The first-order chi connectivity index (χ1) is 27.8. The van der Waals surface area contributed by atoms with Crippen molar-refractivity contribution in [2.75, 3.05) is 4.90 Å². The summed E-state index contributed by atoms with van der Waals surface area (Å²) in [4.78, 5) is 2.41. The smallest absolute Gasteiger partial charge is 0.137 e. The predicted molar refractivity (Wildman–Crippen MR) is 235 cm³/mol. The number of rotatable bonds is 5. The molecule has 0 radical (unpaired) electrons. The average Bonchev–Trinajstić information content (AvgIpc) is 3.65. The van der Waals surface area contributed by atoms with Gasteiger partial charge >= 0.3 is 0 Å². The quantitative estimate of drug-likeness (QED) is 0.177. The van der Waals surface area contributed by atoms with Crippen LogP contribution < -0.4 is 4.90 Å². The van der Waals surface area contributed by atoms with Crippen LogP contribution in [0.2, 0.25) is 0 Å². The van der Waals surface area contributed by atoms with E-state index < -0.39 is 0 Å². The zero-order chi connectivity index (χ0) is 37.0. The summed E-state index contributed by atoms with van der Waals surface area (Å²) in [7, 11) is 0. The van der Waals surface area contributed by atoms with Crippen molar-refractivity contribution >= 4 is 39.0 Å². The van der Waals surface area contributed by atoms with Crippen LogP contribution in [0.25, 0.3) is 88.7 Å². The molecule has 2 nitrogen and oxygen atoms in total. The fraction of sp³-hybridized carbons (Fsp3) is 0. The monoisotopic (exact) mass is 713 g/mol. The maximum atomic E-state index is 6.52. The molecule has 0 atom stereocenters. The third-order valence-electron chi connectivity index (χ3n) is 11.3. The first-order valence-electron chi connectivity index (χ1n) is 19.2. The summed E-state index contributed by atoms with van der Waals surface area (Å²) in [5, 5.41) is 2.23. The van der Waals surface area contributed by atoms with Crippen LogP contribution in [0.4, 0.5) is 17.1 Å². The van der Waals surface area contributed by atoms with Gasteiger partial charge in [0.1, 0.15) is 11.2 Å². The van der Waals surface area contributed by atoms with Crippen LogP contribution in [-0.2, 0) is 0 Å². The van der Waals surface area contributed by atoms with Gasteiger partial charge in [-0.2, -0.15) is 0 Å². The average molecular weight is 714 g/mol. The second kappa shape index (κ2) is 13.2. The molecule has 2 heteroatoms. The summed E-state index contributed by atoms with van der Waals surface area (Å²) < 4.78 is 6.52. The number of anilines is 3. The van der Waals surface area contributed by atoms with Crippen molar-refractivity contribution in [2.24, 2.45) is 0 Å². The molecule has 0 fully saturated rings. The molecule has 0 saturated carbocycles. The fourth-order valence-electron chi connectivity index (χ4n) is 8.66. The van der Waals surface area contributed by atoms with Gasteiger partial charge in [0, 0.05) is 33.8 Å². The Morgan fingerprint density at radius 2 is 0.750 bits per heavy atom. The molecule has 0 unspecified atom stereocenters.